The van der Waals surface area contributed by atoms with Crippen LogP contribution >= 0.6 is 0 Å². The monoisotopic (exact) mass is 455 g/mol. The van der Waals surface area contributed by atoms with Crippen LogP contribution in [0.25, 0.3) is 0 Å². The van der Waals surface area contributed by atoms with Crippen molar-refractivity contribution in [2.75, 3.05) is 18.4 Å². The second-order valence-electron chi connectivity index (χ2n) is 11.0. The quantitative estimate of drug-likeness (QED) is 0.519. The van der Waals surface area contributed by atoms with E-state index in [1.54, 1.807) is 6.20 Å². The van der Waals surface area contributed by atoms with Crippen molar-refractivity contribution in [3.05, 3.63) is 17.5 Å². The molecule has 3 atom stereocenters. The van der Waals surface area contributed by atoms with E-state index >= 15 is 0 Å². The highest BCUT2D eigenvalue weighted by Gasteiger charge is 2.55. The minimum Gasteiger partial charge on any atom is -0.442 e. The first-order chi connectivity index (χ1) is 16.0. The molecular formula is C24H33N5O4. The van der Waals surface area contributed by atoms with Crippen LogP contribution in [-0.2, 0) is 4.74 Å². The maximum atomic E-state index is 13.5. The van der Waals surface area contributed by atoms with E-state index in [-0.39, 0.29) is 24.0 Å². The van der Waals surface area contributed by atoms with Gasteiger partial charge in [-0.25, -0.2) is 14.8 Å². The van der Waals surface area contributed by atoms with Crippen LogP contribution in [0.3, 0.4) is 0 Å². The molecule has 1 aromatic heterocycles. The second-order valence-corrected chi connectivity index (χ2v) is 11.0. The molecule has 0 aromatic carbocycles. The van der Waals surface area contributed by atoms with Crippen molar-refractivity contribution in [1.29, 1.82) is 0 Å². The smallest absolute Gasteiger partial charge is 0.407 e. The van der Waals surface area contributed by atoms with Crippen LogP contribution < -0.4 is 16.0 Å². The number of aliphatic hydroxyl groups is 1. The van der Waals surface area contributed by atoms with E-state index < -0.39 is 11.7 Å². The molecule has 178 valence electrons. The molecule has 0 radical (unpaired) electrons. The number of rotatable bonds is 6. The number of amides is 2. The van der Waals surface area contributed by atoms with Gasteiger partial charge in [0, 0.05) is 18.2 Å². The Hall–Kier alpha value is -2.42. The lowest BCUT2D eigenvalue weighted by Gasteiger charge is -2.58. The molecule has 9 nitrogen and oxygen atoms in total. The molecule has 5 aliphatic carbocycles. The van der Waals surface area contributed by atoms with Crippen LogP contribution in [0.15, 0.2) is 6.20 Å². The number of nitrogens with one attached hydrogen (secondary N) is 3. The minimum absolute atomic E-state index is 0.0816. The summed E-state index contributed by atoms with van der Waals surface area (Å²) in [6.45, 7) is 0.880. The van der Waals surface area contributed by atoms with Gasteiger partial charge in [-0.2, -0.15) is 0 Å². The summed E-state index contributed by atoms with van der Waals surface area (Å²) in [6.07, 6.45) is 10.1. The van der Waals surface area contributed by atoms with Crippen LogP contribution in [0.5, 0.6) is 0 Å². The zero-order valence-corrected chi connectivity index (χ0v) is 18.9. The predicted octanol–water partition coefficient (Wildman–Crippen LogP) is 2.32. The summed E-state index contributed by atoms with van der Waals surface area (Å²) in [7, 11) is 0. The number of alkyl carbamates (subject to hydrolysis) is 1. The first-order valence-electron chi connectivity index (χ1n) is 12.5. The molecule has 4 N–H and O–H groups in total. The number of nitrogens with zero attached hydrogens (tertiary/aromatic N) is 2. The minimum atomic E-state index is -0.508. The van der Waals surface area contributed by atoms with Crippen molar-refractivity contribution in [1.82, 2.24) is 20.6 Å². The number of anilines is 1. The lowest BCUT2D eigenvalue weighted by Crippen LogP contribution is -2.61. The molecule has 2 heterocycles. The molecule has 6 fully saturated rings. The molecule has 6 aliphatic rings. The van der Waals surface area contributed by atoms with Gasteiger partial charge in [-0.05, 0) is 62.7 Å². The summed E-state index contributed by atoms with van der Waals surface area (Å²) in [4.78, 5) is 33.9. The second kappa shape index (κ2) is 8.11. The van der Waals surface area contributed by atoms with Crippen molar-refractivity contribution >= 4 is 17.9 Å². The number of carbonyl (C=O) groups excluding carboxylic acids is 2. The first-order valence-corrected chi connectivity index (χ1v) is 12.5. The van der Waals surface area contributed by atoms with Gasteiger partial charge >= 0.3 is 6.09 Å². The van der Waals surface area contributed by atoms with E-state index in [4.69, 9.17) is 9.72 Å². The van der Waals surface area contributed by atoms with Gasteiger partial charge in [-0.3, -0.25) is 4.79 Å². The fourth-order valence-corrected chi connectivity index (χ4v) is 7.36. The van der Waals surface area contributed by atoms with Crippen molar-refractivity contribution in [2.45, 2.75) is 81.5 Å². The Morgan fingerprint density at radius 2 is 1.97 bits per heavy atom. The Morgan fingerprint density at radius 3 is 2.64 bits per heavy atom. The lowest BCUT2D eigenvalue weighted by atomic mass is 9.52. The molecule has 1 aromatic rings. The molecule has 1 aliphatic heterocycles. The average Bonchev–Trinajstić information content (AvgIpc) is 3.45. The number of hydrogen-bond acceptors (Lipinski definition) is 7. The molecular weight excluding hydrogens is 422 g/mol. The highest BCUT2D eigenvalue weighted by Crippen LogP contribution is 2.55. The van der Waals surface area contributed by atoms with E-state index in [0.29, 0.717) is 42.4 Å². The van der Waals surface area contributed by atoms with Crippen LogP contribution in [0.2, 0.25) is 0 Å². The highest BCUT2D eigenvalue weighted by atomic mass is 16.6. The SMILES string of the molecule is O=C1NC[C@@H](CNc2ncc(C(=O)NC3C4CC5CC3CC(O)(C5)C4)c(C3CCCC3)n2)O1. The maximum absolute atomic E-state index is 13.5. The van der Waals surface area contributed by atoms with E-state index in [9.17, 15) is 14.7 Å². The third-order valence-corrected chi connectivity index (χ3v) is 8.58. The summed E-state index contributed by atoms with van der Waals surface area (Å²) in [5.74, 6) is 1.99. The Morgan fingerprint density at radius 1 is 1.21 bits per heavy atom. The van der Waals surface area contributed by atoms with Gasteiger partial charge in [-0.1, -0.05) is 12.8 Å². The first kappa shape index (κ1) is 21.1. The van der Waals surface area contributed by atoms with Crippen molar-refractivity contribution in [3.63, 3.8) is 0 Å². The van der Waals surface area contributed by atoms with Gasteiger partial charge in [0.15, 0.2) is 0 Å². The highest BCUT2D eigenvalue weighted by molar-refractivity contribution is 5.95. The van der Waals surface area contributed by atoms with Crippen LogP contribution in [0, 0.1) is 17.8 Å². The van der Waals surface area contributed by atoms with Gasteiger partial charge in [-0.15, -0.1) is 0 Å². The van der Waals surface area contributed by atoms with Crippen molar-refractivity contribution in [2.24, 2.45) is 17.8 Å². The molecule has 2 amide bonds. The summed E-state index contributed by atoms with van der Waals surface area (Å²) < 4.78 is 5.16. The fourth-order valence-electron chi connectivity index (χ4n) is 7.36. The zero-order chi connectivity index (χ0) is 22.6. The van der Waals surface area contributed by atoms with Crippen molar-refractivity contribution < 1.29 is 19.4 Å². The summed E-state index contributed by atoms with van der Waals surface area (Å²) in [6, 6.07) is 0.133. The Bertz CT molecular complexity index is 933. The standard InChI is InChI=1S/C24H33N5O4/c30-21(28-19-15-5-13-6-16(19)9-24(32,7-13)8-15)18-12-26-22(25-10-17-11-27-23(31)33-17)29-20(18)14-3-1-2-4-14/h12-17,19,32H,1-11H2,(H,27,31)(H,28,30)(H,25,26,29)/t13?,15?,16?,17-,19?,24?/m1/s1. The molecule has 5 saturated carbocycles. The summed E-state index contributed by atoms with van der Waals surface area (Å²) in [5, 5.41) is 20.0. The molecule has 1 saturated heterocycles. The third-order valence-electron chi connectivity index (χ3n) is 8.58. The number of hydrogen-bond donors (Lipinski definition) is 4. The Kier molecular flexibility index (Phi) is 5.19. The molecule has 9 heteroatoms. The Labute approximate surface area is 193 Å². The fraction of sp³-hybridized carbons (Fsp3) is 0.750. The molecule has 2 unspecified atom stereocenters. The van der Waals surface area contributed by atoms with E-state index in [1.807, 2.05) is 0 Å². The molecule has 0 spiro atoms. The summed E-state index contributed by atoms with van der Waals surface area (Å²) >= 11 is 0. The Balaban J connectivity index is 1.19. The molecule has 33 heavy (non-hydrogen) atoms. The van der Waals surface area contributed by atoms with Crippen LogP contribution in [-0.4, -0.2) is 57.9 Å². The summed E-state index contributed by atoms with van der Waals surface area (Å²) in [5.41, 5.74) is 0.896. The van der Waals surface area contributed by atoms with Gasteiger partial charge in [0.2, 0.25) is 5.95 Å². The van der Waals surface area contributed by atoms with Gasteiger partial charge in [0.1, 0.15) is 6.10 Å². The van der Waals surface area contributed by atoms with E-state index in [0.717, 1.165) is 63.5 Å². The number of aromatic nitrogens is 2. The van der Waals surface area contributed by atoms with Crippen LogP contribution in [0.4, 0.5) is 10.7 Å². The maximum Gasteiger partial charge on any atom is 0.407 e. The number of carbonyl (C=O) groups is 2. The van der Waals surface area contributed by atoms with Crippen molar-refractivity contribution in [3.8, 4) is 0 Å². The van der Waals surface area contributed by atoms with E-state index in [2.05, 4.69) is 20.9 Å². The lowest BCUT2D eigenvalue weighted by molar-refractivity contribution is -0.136. The van der Waals surface area contributed by atoms with E-state index in [1.165, 1.54) is 0 Å². The van der Waals surface area contributed by atoms with Crippen LogP contribution in [0.1, 0.15) is 79.8 Å². The zero-order valence-electron chi connectivity index (χ0n) is 18.9. The predicted molar refractivity (Wildman–Crippen MR) is 120 cm³/mol. The number of cyclic esters (lactones) is 1. The third kappa shape index (κ3) is 4.05. The average molecular weight is 456 g/mol. The largest absolute Gasteiger partial charge is 0.442 e. The van der Waals surface area contributed by atoms with Gasteiger partial charge in [0.05, 0.1) is 29.9 Å². The molecule has 4 bridgehead atoms. The van der Waals surface area contributed by atoms with Gasteiger partial charge in [0.25, 0.3) is 5.91 Å². The van der Waals surface area contributed by atoms with Gasteiger partial charge < -0.3 is 25.8 Å². The normalized spacial score (nSPS) is 37.1. The number of ether oxygens (including phenoxy) is 1. The molecule has 7 rings (SSSR count). The topological polar surface area (TPSA) is 125 Å².